The zero-order chi connectivity index (χ0) is 21.1. The Labute approximate surface area is 181 Å². The van der Waals surface area contributed by atoms with Gasteiger partial charge in [-0.1, -0.05) is 42.1 Å². The zero-order valence-electron chi connectivity index (χ0n) is 16.1. The highest BCUT2D eigenvalue weighted by molar-refractivity contribution is 8.00. The SMILES string of the molecule is Cc1nnc(SCC(=O)NN2C(=O)CSC2c2ccc(O)cc2)n1-c1ccccc1. The summed E-state index contributed by atoms with van der Waals surface area (Å²) in [5.41, 5.74) is 4.46. The van der Waals surface area contributed by atoms with Gasteiger partial charge in [-0.05, 0) is 36.8 Å². The molecule has 0 bridgehead atoms. The Morgan fingerprint density at radius 2 is 1.93 bits per heavy atom. The molecule has 0 spiro atoms. The number of aromatic nitrogens is 3. The maximum absolute atomic E-state index is 12.6. The standard InChI is InChI=1S/C20H19N5O3S2/c1-13-21-22-20(24(13)15-5-3-2-4-6-15)30-11-17(27)23-25-18(28)12-29-19(25)14-7-9-16(26)10-8-14/h2-10,19,26H,11-12H2,1H3,(H,23,27). The van der Waals surface area contributed by atoms with E-state index in [0.717, 1.165) is 17.1 Å². The van der Waals surface area contributed by atoms with Crippen LogP contribution in [-0.4, -0.2) is 48.2 Å². The Balaban J connectivity index is 1.43. The molecule has 4 rings (SSSR count). The molecule has 2 heterocycles. The molecule has 0 aliphatic carbocycles. The third-order valence-corrected chi connectivity index (χ3v) is 6.57. The molecule has 1 fully saturated rings. The molecule has 30 heavy (non-hydrogen) atoms. The van der Waals surface area contributed by atoms with Crippen LogP contribution in [-0.2, 0) is 9.59 Å². The highest BCUT2D eigenvalue weighted by Gasteiger charge is 2.34. The minimum Gasteiger partial charge on any atom is -0.508 e. The van der Waals surface area contributed by atoms with Gasteiger partial charge >= 0.3 is 0 Å². The normalized spacial score (nSPS) is 16.1. The van der Waals surface area contributed by atoms with Crippen molar-refractivity contribution in [2.75, 3.05) is 11.5 Å². The number of hydrazine groups is 1. The van der Waals surface area contributed by atoms with E-state index in [1.165, 1.54) is 28.5 Å². The predicted octanol–water partition coefficient (Wildman–Crippen LogP) is 2.68. The van der Waals surface area contributed by atoms with Crippen LogP contribution in [0.4, 0.5) is 0 Å². The largest absolute Gasteiger partial charge is 0.508 e. The minimum atomic E-state index is -0.331. The summed E-state index contributed by atoms with van der Waals surface area (Å²) in [6, 6.07) is 16.3. The molecule has 1 saturated heterocycles. The molecule has 154 valence electrons. The highest BCUT2D eigenvalue weighted by atomic mass is 32.2. The molecule has 2 amide bonds. The molecule has 1 aromatic heterocycles. The average molecular weight is 442 g/mol. The summed E-state index contributed by atoms with van der Waals surface area (Å²) in [5, 5.41) is 19.4. The maximum atomic E-state index is 12.6. The molecular weight excluding hydrogens is 422 g/mol. The van der Waals surface area contributed by atoms with Crippen molar-refractivity contribution >= 4 is 35.3 Å². The van der Waals surface area contributed by atoms with E-state index in [9.17, 15) is 14.7 Å². The number of carbonyl (C=O) groups is 2. The van der Waals surface area contributed by atoms with Crippen molar-refractivity contribution in [2.45, 2.75) is 17.5 Å². The molecule has 0 radical (unpaired) electrons. The van der Waals surface area contributed by atoms with Crippen molar-refractivity contribution in [2.24, 2.45) is 0 Å². The molecule has 1 atom stereocenters. The Bertz CT molecular complexity index is 1060. The van der Waals surface area contributed by atoms with Gasteiger partial charge < -0.3 is 5.11 Å². The number of nitrogens with zero attached hydrogens (tertiary/aromatic N) is 4. The molecule has 3 aromatic rings. The number of phenolic OH excluding ortho intramolecular Hbond substituents is 1. The first-order chi connectivity index (χ1) is 14.5. The molecule has 1 unspecified atom stereocenters. The van der Waals surface area contributed by atoms with Crippen molar-refractivity contribution in [3.05, 3.63) is 66.0 Å². The van der Waals surface area contributed by atoms with Crippen LogP contribution in [0.2, 0.25) is 0 Å². The fourth-order valence-corrected chi connectivity index (χ4v) is 4.94. The van der Waals surface area contributed by atoms with E-state index < -0.39 is 0 Å². The number of hydrogen-bond donors (Lipinski definition) is 2. The first-order valence-electron chi connectivity index (χ1n) is 9.15. The molecular formula is C20H19N5O3S2. The van der Waals surface area contributed by atoms with Crippen LogP contribution in [0.3, 0.4) is 0 Å². The quantitative estimate of drug-likeness (QED) is 0.567. The maximum Gasteiger partial charge on any atom is 0.252 e. The first-order valence-corrected chi connectivity index (χ1v) is 11.2. The van der Waals surface area contributed by atoms with Gasteiger partial charge in [-0.2, -0.15) is 0 Å². The number of nitrogens with one attached hydrogen (secondary N) is 1. The fraction of sp³-hybridized carbons (Fsp3) is 0.200. The van der Waals surface area contributed by atoms with E-state index in [1.807, 2.05) is 41.8 Å². The number of thioether (sulfide) groups is 2. The topological polar surface area (TPSA) is 100 Å². The molecule has 10 heteroatoms. The average Bonchev–Trinajstić information content (AvgIpc) is 3.30. The predicted molar refractivity (Wildman–Crippen MR) is 115 cm³/mol. The lowest BCUT2D eigenvalue weighted by molar-refractivity contribution is -0.138. The van der Waals surface area contributed by atoms with E-state index in [2.05, 4.69) is 15.6 Å². The van der Waals surface area contributed by atoms with Crippen LogP contribution < -0.4 is 5.43 Å². The van der Waals surface area contributed by atoms with Crippen molar-refractivity contribution < 1.29 is 14.7 Å². The molecule has 1 aliphatic heterocycles. The Kier molecular flexibility index (Phi) is 5.96. The van der Waals surface area contributed by atoms with E-state index in [4.69, 9.17) is 0 Å². The van der Waals surface area contributed by atoms with Gasteiger partial charge in [0.15, 0.2) is 5.16 Å². The van der Waals surface area contributed by atoms with Crippen LogP contribution in [0.25, 0.3) is 5.69 Å². The number of rotatable bonds is 6. The third kappa shape index (κ3) is 4.29. The van der Waals surface area contributed by atoms with E-state index >= 15 is 0 Å². The number of phenols is 1. The fourth-order valence-electron chi connectivity index (χ4n) is 3.04. The number of amides is 2. The second-order valence-electron chi connectivity index (χ2n) is 6.54. The molecule has 0 saturated carbocycles. The van der Waals surface area contributed by atoms with Crippen molar-refractivity contribution in [1.29, 1.82) is 0 Å². The van der Waals surface area contributed by atoms with Gasteiger partial charge in [0.2, 0.25) is 5.91 Å². The Morgan fingerprint density at radius 3 is 2.67 bits per heavy atom. The van der Waals surface area contributed by atoms with Gasteiger partial charge in [0.25, 0.3) is 5.91 Å². The zero-order valence-corrected chi connectivity index (χ0v) is 17.7. The minimum absolute atomic E-state index is 0.0850. The van der Waals surface area contributed by atoms with Gasteiger partial charge in [-0.15, -0.1) is 22.0 Å². The number of aryl methyl sites for hydroxylation is 1. The lowest BCUT2D eigenvalue weighted by atomic mass is 10.2. The van der Waals surface area contributed by atoms with Gasteiger partial charge in [0.1, 0.15) is 16.9 Å². The second-order valence-corrected chi connectivity index (χ2v) is 8.55. The number of carbonyl (C=O) groups excluding carboxylic acids is 2. The van der Waals surface area contributed by atoms with Gasteiger partial charge in [-0.3, -0.25) is 19.6 Å². The molecule has 8 nitrogen and oxygen atoms in total. The summed E-state index contributed by atoms with van der Waals surface area (Å²) in [6.45, 7) is 1.85. The summed E-state index contributed by atoms with van der Waals surface area (Å²) in [5.74, 6) is 0.766. The highest BCUT2D eigenvalue weighted by Crippen LogP contribution is 2.37. The molecule has 2 N–H and O–H groups in total. The number of benzene rings is 2. The number of para-hydroxylation sites is 1. The second kappa shape index (κ2) is 8.80. The van der Waals surface area contributed by atoms with Crippen LogP contribution in [0.15, 0.2) is 59.8 Å². The van der Waals surface area contributed by atoms with Crippen molar-refractivity contribution in [3.8, 4) is 11.4 Å². The van der Waals surface area contributed by atoms with Crippen molar-refractivity contribution in [1.82, 2.24) is 25.2 Å². The van der Waals surface area contributed by atoms with Crippen LogP contribution in [0.1, 0.15) is 16.8 Å². The van der Waals surface area contributed by atoms with Crippen LogP contribution in [0, 0.1) is 6.92 Å². The number of aromatic hydroxyl groups is 1. The summed E-state index contributed by atoms with van der Waals surface area (Å²) in [4.78, 5) is 24.9. The smallest absolute Gasteiger partial charge is 0.252 e. The summed E-state index contributed by atoms with van der Waals surface area (Å²) >= 11 is 2.68. The molecule has 2 aromatic carbocycles. The molecule has 1 aliphatic rings. The summed E-state index contributed by atoms with van der Waals surface area (Å²) < 4.78 is 1.88. The van der Waals surface area contributed by atoms with E-state index in [-0.39, 0.29) is 34.4 Å². The number of hydrogen-bond acceptors (Lipinski definition) is 7. The monoisotopic (exact) mass is 441 g/mol. The van der Waals surface area contributed by atoms with Gasteiger partial charge in [-0.25, -0.2) is 5.01 Å². The van der Waals surface area contributed by atoms with Gasteiger partial charge in [0.05, 0.1) is 11.5 Å². The Morgan fingerprint density at radius 1 is 1.20 bits per heavy atom. The Hall–Kier alpha value is -2.98. The lowest BCUT2D eigenvalue weighted by Gasteiger charge is -2.24. The van der Waals surface area contributed by atoms with Crippen LogP contribution in [0.5, 0.6) is 5.75 Å². The third-order valence-electron chi connectivity index (χ3n) is 4.43. The summed E-state index contributed by atoms with van der Waals surface area (Å²) in [6.07, 6.45) is 0. The van der Waals surface area contributed by atoms with Crippen LogP contribution >= 0.6 is 23.5 Å². The van der Waals surface area contributed by atoms with E-state index in [0.29, 0.717) is 5.16 Å². The van der Waals surface area contributed by atoms with E-state index in [1.54, 1.807) is 24.3 Å². The lowest BCUT2D eigenvalue weighted by Crippen LogP contribution is -2.45. The van der Waals surface area contributed by atoms with Crippen molar-refractivity contribution in [3.63, 3.8) is 0 Å². The van der Waals surface area contributed by atoms with Gasteiger partial charge in [0, 0.05) is 5.69 Å². The first kappa shape index (κ1) is 20.3. The summed E-state index contributed by atoms with van der Waals surface area (Å²) in [7, 11) is 0.